The molecule has 2 aliphatic heterocycles. The first-order chi connectivity index (χ1) is 24.9. The summed E-state index contributed by atoms with van der Waals surface area (Å²) in [5.41, 5.74) is 7.58. The van der Waals surface area contributed by atoms with Crippen LogP contribution in [0.15, 0.2) is 83.5 Å². The molecule has 1 fully saturated rings. The standard InChI is InChI=1S/C41H50N4O5S/c1-4-6-20-48-22-23-50-37-12-7-32(8-13-37)33-9-16-39-35(24-33)25-34(17-19-45(39)26-31-18-21-49-27-31)41(46)43-36-10-14-38(15-11-36)51(47)28-40-30(3)42-29-44(40)5-2/h7-16,24-25,29,31H,4-6,17-23,26-28H2,1-3H3,(H,43,46)/t31-,51+/m0/s1. The molecule has 10 heteroatoms. The van der Waals surface area contributed by atoms with Crippen LogP contribution in [-0.2, 0) is 37.7 Å². The molecular weight excluding hydrogens is 661 g/mol. The summed E-state index contributed by atoms with van der Waals surface area (Å²) in [6.07, 6.45) is 7.69. The van der Waals surface area contributed by atoms with E-state index in [9.17, 15) is 9.35 Å². The van der Waals surface area contributed by atoms with Crippen LogP contribution in [0.3, 0.4) is 0 Å². The number of carbonyl (C=O) groups excluding carboxylic acids is 1. The molecular formula is C41H50N4O5S. The number of benzene rings is 3. The Morgan fingerprint density at radius 1 is 1.04 bits per heavy atom. The van der Waals surface area contributed by atoms with E-state index in [1.54, 1.807) is 6.33 Å². The molecule has 3 heterocycles. The van der Waals surface area contributed by atoms with E-state index in [4.69, 9.17) is 14.2 Å². The van der Waals surface area contributed by atoms with E-state index in [1.165, 1.54) is 0 Å². The molecule has 0 spiro atoms. The van der Waals surface area contributed by atoms with E-state index >= 15 is 0 Å². The lowest BCUT2D eigenvalue weighted by molar-refractivity contribution is -0.112. The van der Waals surface area contributed by atoms with Gasteiger partial charge >= 0.3 is 0 Å². The minimum Gasteiger partial charge on any atom is -0.611 e. The number of nitrogens with one attached hydrogen (secondary N) is 1. The highest BCUT2D eigenvalue weighted by Gasteiger charge is 2.25. The van der Waals surface area contributed by atoms with Gasteiger partial charge in [0.1, 0.15) is 12.4 Å². The monoisotopic (exact) mass is 710 g/mol. The normalized spacial score (nSPS) is 16.4. The number of nitrogens with zero attached hydrogens (tertiary/aromatic N) is 3. The predicted octanol–water partition coefficient (Wildman–Crippen LogP) is 7.65. The van der Waals surface area contributed by atoms with Crippen molar-refractivity contribution in [3.8, 4) is 16.9 Å². The molecule has 3 aromatic carbocycles. The minimum absolute atomic E-state index is 0.131. The molecule has 1 amide bonds. The average molecular weight is 711 g/mol. The van der Waals surface area contributed by atoms with Crippen LogP contribution in [0.4, 0.5) is 11.4 Å². The van der Waals surface area contributed by atoms with Crippen molar-refractivity contribution in [1.29, 1.82) is 0 Å². The number of amides is 1. The van der Waals surface area contributed by atoms with Crippen molar-refractivity contribution in [3.05, 3.63) is 95.6 Å². The van der Waals surface area contributed by atoms with E-state index in [2.05, 4.69) is 59.4 Å². The minimum atomic E-state index is -1.23. The molecule has 0 radical (unpaired) electrons. The first-order valence-corrected chi connectivity index (χ1v) is 19.5. The van der Waals surface area contributed by atoms with Crippen molar-refractivity contribution >= 4 is 34.5 Å². The van der Waals surface area contributed by atoms with Crippen LogP contribution in [-0.4, -0.2) is 66.1 Å². The van der Waals surface area contributed by atoms with Crippen molar-refractivity contribution in [2.24, 2.45) is 5.92 Å². The molecule has 2 atom stereocenters. The fourth-order valence-electron chi connectivity index (χ4n) is 6.57. The first kappa shape index (κ1) is 36.7. The molecule has 0 aliphatic carbocycles. The van der Waals surface area contributed by atoms with Crippen molar-refractivity contribution < 1.29 is 23.6 Å². The van der Waals surface area contributed by atoms with Crippen molar-refractivity contribution in [3.63, 3.8) is 0 Å². The highest BCUT2D eigenvalue weighted by atomic mass is 32.2. The average Bonchev–Trinajstić information content (AvgIpc) is 3.75. The topological polar surface area (TPSA) is 101 Å². The number of carbonyl (C=O) groups is 1. The number of unbranched alkanes of at least 4 members (excludes halogenated alkanes) is 1. The Bertz CT molecular complexity index is 1770. The van der Waals surface area contributed by atoms with Crippen LogP contribution >= 0.6 is 0 Å². The van der Waals surface area contributed by atoms with Crippen LogP contribution in [0.5, 0.6) is 5.75 Å². The first-order valence-electron chi connectivity index (χ1n) is 18.2. The summed E-state index contributed by atoms with van der Waals surface area (Å²) in [5.74, 6) is 1.55. The van der Waals surface area contributed by atoms with Gasteiger partial charge in [0.05, 0.1) is 30.9 Å². The molecule has 0 saturated carbocycles. The largest absolute Gasteiger partial charge is 0.611 e. The summed E-state index contributed by atoms with van der Waals surface area (Å²) in [6.45, 7) is 12.0. The quantitative estimate of drug-likeness (QED) is 0.0942. The second kappa shape index (κ2) is 17.9. The number of ether oxygens (including phenoxy) is 3. The number of hydrogen-bond acceptors (Lipinski definition) is 7. The Morgan fingerprint density at radius 2 is 1.84 bits per heavy atom. The van der Waals surface area contributed by atoms with Crippen LogP contribution in [0.1, 0.15) is 56.5 Å². The van der Waals surface area contributed by atoms with Gasteiger partial charge in [-0.25, -0.2) is 4.98 Å². The van der Waals surface area contributed by atoms with Crippen molar-refractivity contribution in [2.75, 3.05) is 56.3 Å². The number of hydrogen-bond donors (Lipinski definition) is 1. The molecule has 1 saturated heterocycles. The third kappa shape index (κ3) is 9.62. The maximum absolute atomic E-state index is 13.8. The molecule has 0 unspecified atom stereocenters. The smallest absolute Gasteiger partial charge is 0.251 e. The maximum Gasteiger partial charge on any atom is 0.251 e. The predicted molar refractivity (Wildman–Crippen MR) is 205 cm³/mol. The highest BCUT2D eigenvalue weighted by Crippen LogP contribution is 2.34. The molecule has 51 heavy (non-hydrogen) atoms. The van der Waals surface area contributed by atoms with Crippen molar-refractivity contribution in [2.45, 2.75) is 63.6 Å². The highest BCUT2D eigenvalue weighted by molar-refractivity contribution is 7.90. The summed E-state index contributed by atoms with van der Waals surface area (Å²) in [7, 11) is 0. The lowest BCUT2D eigenvalue weighted by atomic mass is 9.99. The van der Waals surface area contributed by atoms with Gasteiger partial charge in [0.2, 0.25) is 0 Å². The Balaban J connectivity index is 1.16. The number of aromatic nitrogens is 2. The van der Waals surface area contributed by atoms with Gasteiger partial charge in [-0.05, 0) is 116 Å². The third-order valence-corrected chi connectivity index (χ3v) is 10.9. The summed E-state index contributed by atoms with van der Waals surface area (Å²) in [6, 6.07) is 22.0. The van der Waals surface area contributed by atoms with Crippen LogP contribution in [0.2, 0.25) is 0 Å². The van der Waals surface area contributed by atoms with E-state index in [1.807, 2.05) is 54.0 Å². The fourth-order valence-corrected chi connectivity index (χ4v) is 7.80. The summed E-state index contributed by atoms with van der Waals surface area (Å²) in [5, 5.41) is 3.10. The van der Waals surface area contributed by atoms with E-state index in [-0.39, 0.29) is 5.91 Å². The van der Waals surface area contributed by atoms with Gasteiger partial charge in [-0.15, -0.1) is 0 Å². The Kier molecular flexibility index (Phi) is 12.9. The van der Waals surface area contributed by atoms with Crippen molar-refractivity contribution in [1.82, 2.24) is 9.55 Å². The summed E-state index contributed by atoms with van der Waals surface area (Å²) >= 11 is -1.23. The third-order valence-electron chi connectivity index (χ3n) is 9.61. The number of anilines is 2. The van der Waals surface area contributed by atoms with Gasteiger partial charge in [-0.3, -0.25) is 4.79 Å². The zero-order chi connectivity index (χ0) is 35.6. The van der Waals surface area contributed by atoms with Crippen LogP contribution in [0, 0.1) is 12.8 Å². The van der Waals surface area contributed by atoms with Gasteiger partial charge in [0, 0.05) is 55.7 Å². The van der Waals surface area contributed by atoms with E-state index < -0.39 is 11.2 Å². The number of rotatable bonds is 16. The second-order valence-corrected chi connectivity index (χ2v) is 14.7. The Morgan fingerprint density at radius 3 is 2.59 bits per heavy atom. The number of fused-ring (bicyclic) bond motifs is 1. The SMILES string of the molecule is CCCCOCCOc1ccc(-c2ccc3c(c2)C=C(C(=O)Nc2ccc([S@+]([O-])Cc4c(C)ncn4CC)cc2)CCN3C[C@@H]2CCOC2)cc1. The molecule has 0 bridgehead atoms. The molecule has 6 rings (SSSR count). The Labute approximate surface area is 305 Å². The van der Waals surface area contributed by atoms with E-state index in [0.717, 1.165) is 104 Å². The fraction of sp³-hybridized carbons (Fsp3) is 0.415. The van der Waals surface area contributed by atoms with Crippen LogP contribution < -0.4 is 15.0 Å². The molecule has 270 valence electrons. The van der Waals surface area contributed by atoms with Crippen LogP contribution in [0.25, 0.3) is 17.2 Å². The second-order valence-electron chi connectivity index (χ2n) is 13.2. The van der Waals surface area contributed by atoms with Gasteiger partial charge in [-0.1, -0.05) is 31.5 Å². The molecule has 1 N–H and O–H groups in total. The Hall–Kier alpha value is -4.09. The number of aryl methyl sites for hydroxylation is 2. The zero-order valence-electron chi connectivity index (χ0n) is 30.1. The lowest BCUT2D eigenvalue weighted by Crippen LogP contribution is -2.31. The zero-order valence-corrected chi connectivity index (χ0v) is 30.9. The van der Waals surface area contributed by atoms with Gasteiger partial charge in [0.15, 0.2) is 10.6 Å². The van der Waals surface area contributed by atoms with E-state index in [0.29, 0.717) is 41.9 Å². The summed E-state index contributed by atoms with van der Waals surface area (Å²) in [4.78, 5) is 21.3. The number of imidazole rings is 1. The summed E-state index contributed by atoms with van der Waals surface area (Å²) < 4.78 is 32.4. The molecule has 1 aromatic heterocycles. The van der Waals surface area contributed by atoms with Gasteiger partial charge < -0.3 is 33.5 Å². The molecule has 2 aliphatic rings. The maximum atomic E-state index is 13.8. The molecule has 9 nitrogen and oxygen atoms in total. The van der Waals surface area contributed by atoms with Gasteiger partial charge in [-0.2, -0.15) is 0 Å². The van der Waals surface area contributed by atoms with Gasteiger partial charge in [0.25, 0.3) is 5.91 Å². The lowest BCUT2D eigenvalue weighted by Gasteiger charge is -2.28. The molecule has 4 aromatic rings.